The molecule has 2 N–H and O–H groups in total. The maximum absolute atomic E-state index is 12.1. The average molecular weight is 362 g/mol. The van der Waals surface area contributed by atoms with Gasteiger partial charge in [0.25, 0.3) is 5.91 Å². The third-order valence-corrected chi connectivity index (χ3v) is 3.71. The second kappa shape index (κ2) is 5.76. The molecule has 0 unspecified atom stereocenters. The first-order valence-electron chi connectivity index (χ1n) is 6.63. The van der Waals surface area contributed by atoms with Gasteiger partial charge in [0.05, 0.1) is 12.8 Å². The Balaban J connectivity index is 2.04. The van der Waals surface area contributed by atoms with E-state index in [1.54, 1.807) is 13.0 Å². The maximum Gasteiger partial charge on any atom is 0.356 e. The van der Waals surface area contributed by atoms with E-state index in [4.69, 9.17) is 4.74 Å². The Hall–Kier alpha value is -2.41. The number of carbonyl (C=O) groups is 2. The summed E-state index contributed by atoms with van der Waals surface area (Å²) < 4.78 is 5.83. The van der Waals surface area contributed by atoms with Gasteiger partial charge in [-0.1, -0.05) is 15.9 Å². The summed E-state index contributed by atoms with van der Waals surface area (Å²) >= 11 is 3.39. The Morgan fingerprint density at radius 3 is 3.05 bits per heavy atom. The molecule has 0 bridgehead atoms. The summed E-state index contributed by atoms with van der Waals surface area (Å²) in [6, 6.07) is 5.52. The number of ether oxygens (including phenoxy) is 1. The van der Waals surface area contributed by atoms with Crippen LogP contribution < -0.4 is 5.32 Å². The van der Waals surface area contributed by atoms with Crippen LogP contribution in [0.5, 0.6) is 0 Å². The highest BCUT2D eigenvalue weighted by Gasteiger charge is 2.25. The van der Waals surface area contributed by atoms with Crippen molar-refractivity contribution in [3.05, 3.63) is 45.7 Å². The molecule has 6 nitrogen and oxygen atoms in total. The van der Waals surface area contributed by atoms with E-state index in [0.29, 0.717) is 11.1 Å². The highest BCUT2D eigenvalue weighted by molar-refractivity contribution is 9.10. The van der Waals surface area contributed by atoms with Gasteiger partial charge in [0.15, 0.2) is 5.69 Å². The molecule has 1 amide bonds. The molecule has 0 saturated carbocycles. The van der Waals surface area contributed by atoms with Gasteiger partial charge >= 0.3 is 5.97 Å². The monoisotopic (exact) mass is 361 g/mol. The first kappa shape index (κ1) is 14.5. The van der Waals surface area contributed by atoms with Crippen molar-refractivity contribution in [3.63, 3.8) is 0 Å². The van der Waals surface area contributed by atoms with E-state index in [0.717, 1.165) is 15.7 Å². The number of fused-ring (bicyclic) bond motifs is 1. The smallest absolute Gasteiger partial charge is 0.356 e. The van der Waals surface area contributed by atoms with E-state index in [9.17, 15) is 9.59 Å². The van der Waals surface area contributed by atoms with Gasteiger partial charge < -0.3 is 10.1 Å². The summed E-state index contributed by atoms with van der Waals surface area (Å²) in [6.45, 7) is 1.99. The lowest BCUT2D eigenvalue weighted by Gasteiger charge is -2.01. The van der Waals surface area contributed by atoms with Crippen LogP contribution in [0.1, 0.15) is 28.5 Å². The molecule has 2 aromatic rings. The van der Waals surface area contributed by atoms with Crippen LogP contribution in [0, 0.1) is 0 Å². The molecule has 3 rings (SSSR count). The molecule has 112 valence electrons. The van der Waals surface area contributed by atoms with Crippen LogP contribution in [0.4, 0.5) is 5.69 Å². The van der Waals surface area contributed by atoms with Crippen LogP contribution in [0.25, 0.3) is 11.6 Å². The second-order valence-electron chi connectivity index (χ2n) is 4.62. The van der Waals surface area contributed by atoms with Gasteiger partial charge in [-0.05, 0) is 31.2 Å². The summed E-state index contributed by atoms with van der Waals surface area (Å²) in [5, 5.41) is 9.25. The SMILES string of the molecule is CCOC(=O)c1[nH]ncc1/C=C1\C(=O)Nc2ccc(Br)cc21. The minimum Gasteiger partial charge on any atom is -0.461 e. The molecule has 1 aromatic carbocycles. The largest absolute Gasteiger partial charge is 0.461 e. The molecule has 1 aliphatic heterocycles. The van der Waals surface area contributed by atoms with Crippen LogP contribution in [-0.2, 0) is 9.53 Å². The van der Waals surface area contributed by atoms with Gasteiger partial charge in [0.1, 0.15) is 0 Å². The Morgan fingerprint density at radius 2 is 2.27 bits per heavy atom. The lowest BCUT2D eigenvalue weighted by atomic mass is 10.0. The molecular weight excluding hydrogens is 350 g/mol. The topological polar surface area (TPSA) is 84.1 Å². The number of anilines is 1. The number of benzene rings is 1. The van der Waals surface area contributed by atoms with Gasteiger partial charge in [-0.15, -0.1) is 0 Å². The fourth-order valence-electron chi connectivity index (χ4n) is 2.23. The minimum absolute atomic E-state index is 0.218. The lowest BCUT2D eigenvalue weighted by Crippen LogP contribution is -2.07. The van der Waals surface area contributed by atoms with Gasteiger partial charge in [0, 0.05) is 26.9 Å². The Labute approximate surface area is 134 Å². The van der Waals surface area contributed by atoms with Crippen LogP contribution in [0.15, 0.2) is 28.9 Å². The normalized spacial score (nSPS) is 14.8. The molecule has 1 aromatic heterocycles. The van der Waals surface area contributed by atoms with E-state index < -0.39 is 5.97 Å². The zero-order valence-electron chi connectivity index (χ0n) is 11.6. The fourth-order valence-corrected chi connectivity index (χ4v) is 2.59. The number of rotatable bonds is 3. The lowest BCUT2D eigenvalue weighted by molar-refractivity contribution is -0.110. The number of hydrogen-bond acceptors (Lipinski definition) is 4. The maximum atomic E-state index is 12.1. The quantitative estimate of drug-likeness (QED) is 0.650. The molecule has 7 heteroatoms. The van der Waals surface area contributed by atoms with E-state index >= 15 is 0 Å². The Bertz CT molecular complexity index is 795. The summed E-state index contributed by atoms with van der Waals surface area (Å²) in [5.74, 6) is -0.719. The zero-order valence-corrected chi connectivity index (χ0v) is 13.2. The third kappa shape index (κ3) is 2.55. The first-order chi connectivity index (χ1) is 10.6. The molecule has 0 aliphatic carbocycles. The Kier molecular flexibility index (Phi) is 3.81. The standard InChI is InChI=1S/C15H12BrN3O3/c1-2-22-15(21)13-8(7-17-19-13)5-11-10-6-9(16)3-4-12(10)18-14(11)20/h3-7H,2H2,1H3,(H,17,19)(H,18,20)/b11-5-. The van der Waals surface area contributed by atoms with Crippen molar-refractivity contribution in [2.45, 2.75) is 6.92 Å². The van der Waals surface area contributed by atoms with Crippen LogP contribution in [0.3, 0.4) is 0 Å². The second-order valence-corrected chi connectivity index (χ2v) is 5.54. The van der Waals surface area contributed by atoms with Crippen molar-refractivity contribution in [1.82, 2.24) is 10.2 Å². The zero-order chi connectivity index (χ0) is 15.7. The predicted molar refractivity (Wildman–Crippen MR) is 85.2 cm³/mol. The van der Waals surface area contributed by atoms with E-state index in [1.165, 1.54) is 6.20 Å². The van der Waals surface area contributed by atoms with Crippen LogP contribution >= 0.6 is 15.9 Å². The molecule has 0 spiro atoms. The van der Waals surface area contributed by atoms with E-state index in [1.807, 2.05) is 18.2 Å². The van der Waals surface area contributed by atoms with E-state index in [-0.39, 0.29) is 18.2 Å². The fraction of sp³-hybridized carbons (Fsp3) is 0.133. The molecule has 1 aliphatic rings. The number of nitrogens with one attached hydrogen (secondary N) is 2. The highest BCUT2D eigenvalue weighted by Crippen LogP contribution is 2.35. The summed E-state index contributed by atoms with van der Waals surface area (Å²) in [5.41, 5.74) is 2.72. The first-order valence-corrected chi connectivity index (χ1v) is 7.43. The number of nitrogens with zero attached hydrogens (tertiary/aromatic N) is 1. The van der Waals surface area contributed by atoms with Crippen molar-refractivity contribution >= 4 is 45.1 Å². The summed E-state index contributed by atoms with van der Waals surface area (Å²) in [6.07, 6.45) is 3.12. The molecule has 22 heavy (non-hydrogen) atoms. The number of hydrogen-bond donors (Lipinski definition) is 2. The van der Waals surface area contributed by atoms with Crippen molar-refractivity contribution in [1.29, 1.82) is 0 Å². The number of aromatic nitrogens is 2. The van der Waals surface area contributed by atoms with Gasteiger partial charge in [0.2, 0.25) is 0 Å². The van der Waals surface area contributed by atoms with Crippen molar-refractivity contribution < 1.29 is 14.3 Å². The van der Waals surface area contributed by atoms with Gasteiger partial charge in [-0.3, -0.25) is 9.89 Å². The van der Waals surface area contributed by atoms with E-state index in [2.05, 4.69) is 31.4 Å². The molecule has 0 atom stereocenters. The minimum atomic E-state index is -0.500. The molecule has 2 heterocycles. The molecule has 0 radical (unpaired) electrons. The van der Waals surface area contributed by atoms with Gasteiger partial charge in [-0.2, -0.15) is 5.10 Å². The third-order valence-electron chi connectivity index (χ3n) is 3.21. The van der Waals surface area contributed by atoms with Crippen molar-refractivity contribution in [3.8, 4) is 0 Å². The average Bonchev–Trinajstić information content (AvgIpc) is 3.06. The summed E-state index contributed by atoms with van der Waals surface area (Å²) in [4.78, 5) is 24.0. The number of amides is 1. The molecular formula is C15H12BrN3O3. The Morgan fingerprint density at radius 1 is 1.45 bits per heavy atom. The molecule has 0 saturated heterocycles. The number of esters is 1. The number of H-pyrrole nitrogens is 1. The number of aromatic amines is 1. The van der Waals surface area contributed by atoms with Crippen molar-refractivity contribution in [2.75, 3.05) is 11.9 Å². The molecule has 0 fully saturated rings. The van der Waals surface area contributed by atoms with Gasteiger partial charge in [-0.25, -0.2) is 4.79 Å². The summed E-state index contributed by atoms with van der Waals surface area (Å²) in [7, 11) is 0. The predicted octanol–water partition coefficient (Wildman–Crippen LogP) is 2.84. The van der Waals surface area contributed by atoms with Crippen LogP contribution in [0.2, 0.25) is 0 Å². The van der Waals surface area contributed by atoms with Crippen LogP contribution in [-0.4, -0.2) is 28.7 Å². The van der Waals surface area contributed by atoms with Crippen molar-refractivity contribution in [2.24, 2.45) is 0 Å². The highest BCUT2D eigenvalue weighted by atomic mass is 79.9. The number of halogens is 1. The number of carbonyl (C=O) groups excluding carboxylic acids is 2.